The molecule has 0 aliphatic carbocycles. The van der Waals surface area contributed by atoms with E-state index in [0.29, 0.717) is 23.7 Å². The number of para-hydroxylation sites is 1. The van der Waals surface area contributed by atoms with Crippen LogP contribution < -0.4 is 10.2 Å². The zero-order chi connectivity index (χ0) is 13.1. The first-order chi connectivity index (χ1) is 8.63. The van der Waals surface area contributed by atoms with Crippen molar-refractivity contribution in [3.8, 4) is 0 Å². The zero-order valence-corrected chi connectivity index (χ0v) is 10.4. The highest BCUT2D eigenvalue weighted by Crippen LogP contribution is 2.28. The van der Waals surface area contributed by atoms with Crippen molar-refractivity contribution in [2.24, 2.45) is 0 Å². The maximum absolute atomic E-state index is 12.1. The average molecular weight is 269 g/mol. The van der Waals surface area contributed by atoms with Crippen molar-refractivity contribution in [3.05, 3.63) is 29.3 Å². The lowest BCUT2D eigenvalue weighted by molar-refractivity contribution is -0.128. The van der Waals surface area contributed by atoms with Gasteiger partial charge in [0, 0.05) is 6.54 Å². The van der Waals surface area contributed by atoms with Gasteiger partial charge in [0.1, 0.15) is 12.6 Å². The Morgan fingerprint density at radius 2 is 2.22 bits per heavy atom. The van der Waals surface area contributed by atoms with E-state index in [1.807, 2.05) is 0 Å². The Morgan fingerprint density at radius 1 is 1.50 bits per heavy atom. The summed E-state index contributed by atoms with van der Waals surface area (Å²) in [4.78, 5) is 24.7. The lowest BCUT2D eigenvalue weighted by Crippen LogP contribution is -2.42. The fraction of sp³-hybridized carbons (Fsp3) is 0.333. The van der Waals surface area contributed by atoms with E-state index in [0.717, 1.165) is 0 Å². The van der Waals surface area contributed by atoms with Crippen LogP contribution in [0.15, 0.2) is 24.3 Å². The number of aliphatic hydroxyl groups is 1. The molecular formula is C12H13ClN2O3. The maximum atomic E-state index is 12.1. The SMILES string of the molecule is O=C(CO)NC1CCN(c2ccccc2Cl)C1=O. The molecule has 2 rings (SSSR count). The third-order valence-electron chi connectivity index (χ3n) is 2.83. The molecule has 1 aromatic carbocycles. The van der Waals surface area contributed by atoms with Crippen molar-refractivity contribution in [2.45, 2.75) is 12.5 Å². The number of nitrogens with one attached hydrogen (secondary N) is 1. The summed E-state index contributed by atoms with van der Waals surface area (Å²) in [6.45, 7) is -0.116. The maximum Gasteiger partial charge on any atom is 0.249 e. The summed E-state index contributed by atoms with van der Waals surface area (Å²) in [6.07, 6.45) is 0.510. The van der Waals surface area contributed by atoms with Crippen molar-refractivity contribution < 1.29 is 14.7 Å². The van der Waals surface area contributed by atoms with Gasteiger partial charge in [0.2, 0.25) is 11.8 Å². The number of nitrogens with zero attached hydrogens (tertiary/aromatic N) is 1. The van der Waals surface area contributed by atoms with Crippen LogP contribution in [0.2, 0.25) is 5.02 Å². The first-order valence-corrected chi connectivity index (χ1v) is 5.97. The number of amides is 2. The van der Waals surface area contributed by atoms with E-state index in [9.17, 15) is 9.59 Å². The number of carbonyl (C=O) groups excluding carboxylic acids is 2. The lowest BCUT2D eigenvalue weighted by atomic mass is 10.2. The second kappa shape index (κ2) is 5.37. The molecule has 0 saturated carbocycles. The molecule has 0 radical (unpaired) electrons. The van der Waals surface area contributed by atoms with Crippen LogP contribution in [0.3, 0.4) is 0 Å². The van der Waals surface area contributed by atoms with Gasteiger partial charge < -0.3 is 15.3 Å². The molecule has 2 N–H and O–H groups in total. The second-order valence-corrected chi connectivity index (χ2v) is 4.42. The van der Waals surface area contributed by atoms with Crippen molar-refractivity contribution in [2.75, 3.05) is 18.1 Å². The Morgan fingerprint density at radius 3 is 2.89 bits per heavy atom. The molecule has 1 aliphatic rings. The minimum atomic E-state index is -0.615. The fourth-order valence-corrected chi connectivity index (χ4v) is 2.20. The third kappa shape index (κ3) is 2.47. The molecule has 1 fully saturated rings. The summed E-state index contributed by atoms with van der Waals surface area (Å²) in [5, 5.41) is 11.6. The molecule has 1 atom stereocenters. The molecule has 0 aromatic heterocycles. The molecule has 2 amide bonds. The van der Waals surface area contributed by atoms with Gasteiger partial charge in [-0.2, -0.15) is 0 Å². The number of benzene rings is 1. The van der Waals surface area contributed by atoms with E-state index in [1.54, 1.807) is 29.2 Å². The minimum Gasteiger partial charge on any atom is -0.387 e. The standard InChI is InChI=1S/C12H13ClN2O3/c13-8-3-1-2-4-10(8)15-6-5-9(12(15)18)14-11(17)7-16/h1-4,9,16H,5-7H2,(H,14,17). The highest BCUT2D eigenvalue weighted by Gasteiger charge is 2.34. The molecule has 1 saturated heterocycles. The van der Waals surface area contributed by atoms with Crippen molar-refractivity contribution >= 4 is 29.1 Å². The van der Waals surface area contributed by atoms with Crippen LogP contribution in [0.4, 0.5) is 5.69 Å². The molecule has 96 valence electrons. The van der Waals surface area contributed by atoms with E-state index >= 15 is 0 Å². The Balaban J connectivity index is 2.12. The first kappa shape index (κ1) is 12.9. The summed E-state index contributed by atoms with van der Waals surface area (Å²) in [7, 11) is 0. The summed E-state index contributed by atoms with van der Waals surface area (Å²) < 4.78 is 0. The van der Waals surface area contributed by atoms with E-state index in [1.165, 1.54) is 0 Å². The normalized spacial score (nSPS) is 19.1. The van der Waals surface area contributed by atoms with Gasteiger partial charge in [-0.1, -0.05) is 23.7 Å². The Bertz CT molecular complexity index is 478. The first-order valence-electron chi connectivity index (χ1n) is 5.59. The van der Waals surface area contributed by atoms with Crippen LogP contribution in [0.1, 0.15) is 6.42 Å². The molecule has 5 nitrogen and oxygen atoms in total. The summed E-state index contributed by atoms with van der Waals surface area (Å²) in [5.41, 5.74) is 0.643. The molecule has 0 spiro atoms. The number of aliphatic hydroxyl groups excluding tert-OH is 1. The van der Waals surface area contributed by atoms with Gasteiger partial charge in [0.25, 0.3) is 0 Å². The number of hydrogen-bond acceptors (Lipinski definition) is 3. The molecule has 18 heavy (non-hydrogen) atoms. The van der Waals surface area contributed by atoms with Gasteiger partial charge in [-0.3, -0.25) is 9.59 Å². The van der Waals surface area contributed by atoms with E-state index in [4.69, 9.17) is 16.7 Å². The number of anilines is 1. The fourth-order valence-electron chi connectivity index (χ4n) is 1.96. The highest BCUT2D eigenvalue weighted by molar-refractivity contribution is 6.34. The van der Waals surface area contributed by atoms with Crippen LogP contribution in [-0.4, -0.2) is 36.1 Å². The smallest absolute Gasteiger partial charge is 0.249 e. The van der Waals surface area contributed by atoms with Gasteiger partial charge in [0.05, 0.1) is 10.7 Å². The molecule has 1 unspecified atom stereocenters. The van der Waals surface area contributed by atoms with Gasteiger partial charge in [-0.15, -0.1) is 0 Å². The largest absolute Gasteiger partial charge is 0.387 e. The van der Waals surface area contributed by atoms with E-state index in [-0.39, 0.29) is 5.91 Å². The predicted molar refractivity (Wildman–Crippen MR) is 67.4 cm³/mol. The molecule has 0 bridgehead atoms. The number of halogens is 1. The highest BCUT2D eigenvalue weighted by atomic mass is 35.5. The molecule has 1 heterocycles. The van der Waals surface area contributed by atoms with Gasteiger partial charge >= 0.3 is 0 Å². The second-order valence-electron chi connectivity index (χ2n) is 4.01. The topological polar surface area (TPSA) is 69.6 Å². The van der Waals surface area contributed by atoms with Crippen molar-refractivity contribution in [1.82, 2.24) is 5.32 Å². The predicted octanol–water partition coefficient (Wildman–Crippen LogP) is 0.554. The van der Waals surface area contributed by atoms with Crippen LogP contribution >= 0.6 is 11.6 Å². The molecule has 1 aromatic rings. The summed E-state index contributed by atoms with van der Waals surface area (Å²) >= 11 is 6.03. The van der Waals surface area contributed by atoms with Crippen LogP contribution in [0.5, 0.6) is 0 Å². The Hall–Kier alpha value is -1.59. The molecule has 1 aliphatic heterocycles. The monoisotopic (exact) mass is 268 g/mol. The van der Waals surface area contributed by atoms with Gasteiger partial charge in [-0.05, 0) is 18.6 Å². The summed E-state index contributed by atoms with van der Waals surface area (Å²) in [5.74, 6) is -0.751. The van der Waals surface area contributed by atoms with E-state index < -0.39 is 18.6 Å². The summed E-state index contributed by atoms with van der Waals surface area (Å²) in [6, 6.07) is 6.48. The molecule has 6 heteroatoms. The van der Waals surface area contributed by atoms with Gasteiger partial charge in [0.15, 0.2) is 0 Å². The van der Waals surface area contributed by atoms with Crippen LogP contribution in [-0.2, 0) is 9.59 Å². The number of rotatable bonds is 3. The third-order valence-corrected chi connectivity index (χ3v) is 3.15. The lowest BCUT2D eigenvalue weighted by Gasteiger charge is -2.18. The Kier molecular flexibility index (Phi) is 3.84. The minimum absolute atomic E-state index is 0.204. The number of hydrogen-bond donors (Lipinski definition) is 2. The zero-order valence-electron chi connectivity index (χ0n) is 9.60. The van der Waals surface area contributed by atoms with Gasteiger partial charge in [-0.25, -0.2) is 0 Å². The number of carbonyl (C=O) groups is 2. The Labute approximate surface area is 109 Å². The van der Waals surface area contributed by atoms with E-state index in [2.05, 4.69) is 5.32 Å². The van der Waals surface area contributed by atoms with Crippen molar-refractivity contribution in [3.63, 3.8) is 0 Å². The molecular weight excluding hydrogens is 256 g/mol. The quantitative estimate of drug-likeness (QED) is 0.841. The average Bonchev–Trinajstić information content (AvgIpc) is 2.72. The van der Waals surface area contributed by atoms with Crippen molar-refractivity contribution in [1.29, 1.82) is 0 Å². The van der Waals surface area contributed by atoms with Crippen LogP contribution in [0, 0.1) is 0 Å². The van der Waals surface area contributed by atoms with Crippen LogP contribution in [0.25, 0.3) is 0 Å².